The fourth-order valence-corrected chi connectivity index (χ4v) is 9.83. The second-order valence-electron chi connectivity index (χ2n) is 12.4. The minimum Gasteiger partial charge on any atom is -0.494 e. The molecule has 46 heavy (non-hydrogen) atoms. The largest absolute Gasteiger partial charge is 0.494 e. The minimum absolute atomic E-state index is 0.0111. The Labute approximate surface area is 267 Å². The van der Waals surface area contributed by atoms with E-state index in [9.17, 15) is 26.4 Å². The summed E-state index contributed by atoms with van der Waals surface area (Å²) >= 11 is 0.699. The van der Waals surface area contributed by atoms with Crippen LogP contribution in [0.15, 0.2) is 29.3 Å². The quantitative estimate of drug-likeness (QED) is 0.379. The van der Waals surface area contributed by atoms with Crippen LogP contribution in [-0.2, 0) is 20.8 Å². The van der Waals surface area contributed by atoms with Crippen molar-refractivity contribution in [3.05, 3.63) is 40.4 Å². The molecule has 16 heteroatoms. The average molecular weight is 677 g/mol. The number of carbonyl (C=O) groups is 1. The Hall–Kier alpha value is -3.47. The van der Waals surface area contributed by atoms with Gasteiger partial charge in [-0.15, -0.1) is 11.3 Å². The van der Waals surface area contributed by atoms with Gasteiger partial charge in [-0.05, 0) is 43.4 Å². The van der Waals surface area contributed by atoms with Crippen molar-refractivity contribution in [2.45, 2.75) is 54.4 Å². The number of thiophene rings is 1. The Balaban J connectivity index is 1.18. The standard InChI is InChI=1S/C30H31F3N6O5S2/c1-43-26-21(39-12-16-8-17(39)10-34-16)5-4-20(24(26)15-2-3-15)36-29-35-11-19(30(31,32)33)25(37-29)22-9-23-27(45-22)28(40)38(18-13-44-14-18)6-7-46(23,41)42/h4-5,9,11,15-18,34H,2-3,6-8,10,12-14H2,1H3,(H,35,36,37)/t16-,17-/m1/s1. The van der Waals surface area contributed by atoms with Crippen molar-refractivity contribution in [2.24, 2.45) is 0 Å². The molecule has 1 saturated carbocycles. The lowest BCUT2D eigenvalue weighted by Crippen LogP contribution is -2.52. The van der Waals surface area contributed by atoms with Gasteiger partial charge in [0.1, 0.15) is 16.2 Å². The van der Waals surface area contributed by atoms with E-state index in [0.717, 1.165) is 55.4 Å². The Morgan fingerprint density at radius 2 is 1.98 bits per heavy atom. The summed E-state index contributed by atoms with van der Waals surface area (Å²) in [6.07, 6.45) is -1.17. The second-order valence-corrected chi connectivity index (χ2v) is 15.5. The molecule has 1 aliphatic carbocycles. The molecule has 2 aromatic heterocycles. The van der Waals surface area contributed by atoms with Crippen LogP contribution < -0.4 is 20.3 Å². The Morgan fingerprint density at radius 1 is 1.17 bits per heavy atom. The van der Waals surface area contributed by atoms with Gasteiger partial charge in [0.05, 0.1) is 53.3 Å². The van der Waals surface area contributed by atoms with Crippen LogP contribution in [0.25, 0.3) is 10.6 Å². The highest BCUT2D eigenvalue weighted by Crippen LogP contribution is 2.52. The fourth-order valence-electron chi connectivity index (χ4n) is 6.91. The molecule has 2 bridgehead atoms. The van der Waals surface area contributed by atoms with E-state index in [1.165, 1.54) is 4.90 Å². The predicted octanol–water partition coefficient (Wildman–Crippen LogP) is 4.03. The van der Waals surface area contributed by atoms with Gasteiger partial charge in [0.2, 0.25) is 5.95 Å². The van der Waals surface area contributed by atoms with Crippen molar-refractivity contribution < 1.29 is 35.9 Å². The molecular weight excluding hydrogens is 645 g/mol. The number of nitrogens with one attached hydrogen (secondary N) is 2. The van der Waals surface area contributed by atoms with Crippen LogP contribution in [0, 0.1) is 0 Å². The molecule has 4 fully saturated rings. The van der Waals surface area contributed by atoms with Crippen molar-refractivity contribution in [3.63, 3.8) is 0 Å². The predicted molar refractivity (Wildman–Crippen MR) is 164 cm³/mol. The molecule has 8 rings (SSSR count). The van der Waals surface area contributed by atoms with Crippen LogP contribution in [0.1, 0.15) is 46.0 Å². The SMILES string of the molecule is COc1c(N2C[C@H]3C[C@@H]2CN3)ccc(Nc2ncc(C(F)(F)F)c(-c3cc4c(s3)C(=O)N(C3COC3)CCS4(=O)=O)n2)c1C1CC1. The van der Waals surface area contributed by atoms with E-state index in [1.54, 1.807) is 7.11 Å². The van der Waals surface area contributed by atoms with Gasteiger partial charge in [0, 0.05) is 49.2 Å². The van der Waals surface area contributed by atoms with Gasteiger partial charge in [0.25, 0.3) is 5.91 Å². The molecular formula is C30H31F3N6O5S2. The molecule has 1 aromatic carbocycles. The molecule has 244 valence electrons. The number of nitrogens with zero attached hydrogens (tertiary/aromatic N) is 4. The van der Waals surface area contributed by atoms with Gasteiger partial charge in [-0.3, -0.25) is 4.79 Å². The number of carbonyl (C=O) groups excluding carboxylic acids is 1. The number of hydrogen-bond acceptors (Lipinski definition) is 11. The highest BCUT2D eigenvalue weighted by Gasteiger charge is 2.42. The average Bonchev–Trinajstić information content (AvgIpc) is 3.39. The molecule has 11 nitrogen and oxygen atoms in total. The van der Waals surface area contributed by atoms with Crippen LogP contribution >= 0.6 is 11.3 Å². The number of amides is 1. The summed E-state index contributed by atoms with van der Waals surface area (Å²) < 4.78 is 80.4. The summed E-state index contributed by atoms with van der Waals surface area (Å²) in [5.74, 6) is -0.00476. The summed E-state index contributed by atoms with van der Waals surface area (Å²) in [5, 5.41) is 6.65. The van der Waals surface area contributed by atoms with E-state index in [1.807, 2.05) is 12.1 Å². The number of alkyl halides is 3. The first-order chi connectivity index (χ1) is 22.0. The molecule has 2 N–H and O–H groups in total. The van der Waals surface area contributed by atoms with E-state index in [-0.39, 0.29) is 58.1 Å². The normalized spacial score (nSPS) is 24.1. The zero-order valence-corrected chi connectivity index (χ0v) is 26.4. The van der Waals surface area contributed by atoms with E-state index in [4.69, 9.17) is 9.47 Å². The third-order valence-corrected chi connectivity index (χ3v) is 12.4. The van der Waals surface area contributed by atoms with Gasteiger partial charge < -0.3 is 29.9 Å². The summed E-state index contributed by atoms with van der Waals surface area (Å²) in [7, 11) is -2.31. The third-order valence-electron chi connectivity index (χ3n) is 9.46. The topological polar surface area (TPSA) is 126 Å². The molecule has 5 aliphatic rings. The highest BCUT2D eigenvalue weighted by molar-refractivity contribution is 7.91. The number of anilines is 3. The number of benzene rings is 1. The smallest absolute Gasteiger partial charge is 0.420 e. The lowest BCUT2D eigenvalue weighted by atomic mass is 10.0. The monoisotopic (exact) mass is 676 g/mol. The Bertz CT molecular complexity index is 1840. The van der Waals surface area contributed by atoms with Crippen LogP contribution in [0.3, 0.4) is 0 Å². The van der Waals surface area contributed by atoms with Gasteiger partial charge >= 0.3 is 6.18 Å². The van der Waals surface area contributed by atoms with Gasteiger partial charge in [0.15, 0.2) is 9.84 Å². The lowest BCUT2D eigenvalue weighted by molar-refractivity contribution is -0.137. The molecule has 0 spiro atoms. The number of aromatic nitrogens is 2. The van der Waals surface area contributed by atoms with Gasteiger partial charge in [-0.25, -0.2) is 18.4 Å². The maximum atomic E-state index is 14.3. The number of halogens is 3. The van der Waals surface area contributed by atoms with Crippen molar-refractivity contribution in [3.8, 4) is 16.3 Å². The number of methoxy groups -OCH3 is 1. The molecule has 1 amide bonds. The van der Waals surface area contributed by atoms with E-state index >= 15 is 0 Å². The van der Waals surface area contributed by atoms with Crippen LogP contribution in [0.2, 0.25) is 0 Å². The number of sulfone groups is 1. The Morgan fingerprint density at radius 3 is 2.61 bits per heavy atom. The van der Waals surface area contributed by atoms with Crippen molar-refractivity contribution in [1.82, 2.24) is 20.2 Å². The van der Waals surface area contributed by atoms with Gasteiger partial charge in [-0.1, -0.05) is 0 Å². The van der Waals surface area contributed by atoms with Crippen molar-refractivity contribution in [2.75, 3.05) is 55.9 Å². The molecule has 3 saturated heterocycles. The van der Waals surface area contributed by atoms with Crippen molar-refractivity contribution in [1.29, 1.82) is 0 Å². The van der Waals surface area contributed by atoms with Crippen LogP contribution in [-0.4, -0.2) is 93.0 Å². The van der Waals surface area contributed by atoms with E-state index in [2.05, 4.69) is 25.5 Å². The van der Waals surface area contributed by atoms with Crippen LogP contribution in [0.4, 0.5) is 30.5 Å². The summed E-state index contributed by atoms with van der Waals surface area (Å²) in [6, 6.07) is 5.52. The summed E-state index contributed by atoms with van der Waals surface area (Å²) in [4.78, 5) is 25.1. The number of ether oxygens (including phenoxy) is 2. The molecule has 3 aromatic rings. The molecule has 0 radical (unpaired) electrons. The van der Waals surface area contributed by atoms with Crippen LogP contribution in [0.5, 0.6) is 5.75 Å². The van der Waals surface area contributed by atoms with E-state index in [0.29, 0.717) is 35.3 Å². The number of hydrogen-bond donors (Lipinski definition) is 2. The maximum absolute atomic E-state index is 14.3. The minimum atomic E-state index is -4.83. The summed E-state index contributed by atoms with van der Waals surface area (Å²) in [6.45, 7) is 2.33. The number of piperazine rings is 1. The zero-order chi connectivity index (χ0) is 32.0. The number of fused-ring (bicyclic) bond motifs is 3. The highest BCUT2D eigenvalue weighted by atomic mass is 32.2. The summed E-state index contributed by atoms with van der Waals surface area (Å²) in [5.41, 5.74) is 0.930. The molecule has 0 unspecified atom stereocenters. The lowest BCUT2D eigenvalue weighted by Gasteiger charge is -2.36. The molecule has 6 heterocycles. The maximum Gasteiger partial charge on any atom is 0.420 e. The van der Waals surface area contributed by atoms with Crippen molar-refractivity contribution >= 4 is 44.4 Å². The van der Waals surface area contributed by atoms with Gasteiger partial charge in [-0.2, -0.15) is 13.2 Å². The fraction of sp³-hybridized carbons (Fsp3) is 0.500. The number of rotatable bonds is 7. The third kappa shape index (κ3) is 5.00. The Kier molecular flexibility index (Phi) is 7.01. The zero-order valence-electron chi connectivity index (χ0n) is 24.8. The second kappa shape index (κ2) is 10.8. The first-order valence-electron chi connectivity index (χ1n) is 15.2. The first kappa shape index (κ1) is 29.9. The van der Waals surface area contributed by atoms with E-state index < -0.39 is 33.2 Å². The molecule has 2 atom stereocenters. The first-order valence-corrected chi connectivity index (χ1v) is 17.7. The molecule has 4 aliphatic heterocycles.